The van der Waals surface area contributed by atoms with Crippen LogP contribution in [0.3, 0.4) is 0 Å². The van der Waals surface area contributed by atoms with Crippen LogP contribution in [0.2, 0.25) is 18.1 Å². The van der Waals surface area contributed by atoms with Gasteiger partial charge >= 0.3 is 12.1 Å². The molecule has 1 saturated heterocycles. The summed E-state index contributed by atoms with van der Waals surface area (Å²) in [6.07, 6.45) is 2.32. The molecule has 1 heterocycles. The van der Waals surface area contributed by atoms with Crippen molar-refractivity contribution in [3.05, 3.63) is 0 Å². The molecular weight excluding hydrogens is 374 g/mol. The average molecular weight is 416 g/mol. The van der Waals surface area contributed by atoms with E-state index in [0.29, 0.717) is 26.0 Å². The van der Waals surface area contributed by atoms with Crippen LogP contribution in [0.4, 0.5) is 4.79 Å². The van der Waals surface area contributed by atoms with E-state index in [1.807, 2.05) is 27.7 Å². The summed E-state index contributed by atoms with van der Waals surface area (Å²) >= 11 is 0. The zero-order chi connectivity index (χ0) is 21.8. The highest BCUT2D eigenvalue weighted by Crippen LogP contribution is 2.39. The molecule has 0 saturated carbocycles. The smallest absolute Gasteiger partial charge is 0.410 e. The maximum atomic E-state index is 12.7. The minimum absolute atomic E-state index is 0.0148. The van der Waals surface area contributed by atoms with Gasteiger partial charge in [0.1, 0.15) is 5.60 Å². The van der Waals surface area contributed by atoms with Crippen molar-refractivity contribution >= 4 is 20.4 Å². The first-order chi connectivity index (χ1) is 12.7. The van der Waals surface area contributed by atoms with Crippen LogP contribution in [-0.4, -0.2) is 56.2 Å². The zero-order valence-corrected chi connectivity index (χ0v) is 20.4. The molecule has 0 aliphatic carbocycles. The lowest BCUT2D eigenvalue weighted by molar-refractivity contribution is -0.143. The predicted octanol–water partition coefficient (Wildman–Crippen LogP) is 5.12. The normalized spacial score (nSPS) is 21.0. The topological polar surface area (TPSA) is 65.1 Å². The third-order valence-corrected chi connectivity index (χ3v) is 10.0. The predicted molar refractivity (Wildman–Crippen MR) is 114 cm³/mol. The fraction of sp³-hybridized carbons (Fsp3) is 0.905. The number of rotatable bonds is 7. The summed E-state index contributed by atoms with van der Waals surface area (Å²) in [6, 6.07) is 0.0269. The Morgan fingerprint density at radius 2 is 1.71 bits per heavy atom. The zero-order valence-electron chi connectivity index (χ0n) is 19.4. The van der Waals surface area contributed by atoms with Gasteiger partial charge in [-0.25, -0.2) is 4.79 Å². The van der Waals surface area contributed by atoms with Crippen molar-refractivity contribution in [2.24, 2.45) is 0 Å². The van der Waals surface area contributed by atoms with Gasteiger partial charge in [-0.2, -0.15) is 0 Å². The Kier molecular flexibility index (Phi) is 8.57. The van der Waals surface area contributed by atoms with Gasteiger partial charge in [0.15, 0.2) is 8.32 Å². The molecule has 7 heteroatoms. The van der Waals surface area contributed by atoms with E-state index in [1.54, 1.807) is 4.90 Å². The van der Waals surface area contributed by atoms with Gasteiger partial charge in [-0.15, -0.1) is 0 Å². The summed E-state index contributed by atoms with van der Waals surface area (Å²) in [5, 5.41) is 0.117. The second-order valence-electron chi connectivity index (χ2n) is 10.2. The second-order valence-corrected chi connectivity index (χ2v) is 15.0. The molecule has 0 spiro atoms. The first kappa shape index (κ1) is 25.0. The lowest BCUT2D eigenvalue weighted by Gasteiger charge is -2.38. The summed E-state index contributed by atoms with van der Waals surface area (Å²) in [7, 11) is -1.92. The number of esters is 1. The standard InChI is InChI=1S/C21H41NO5Si/c1-10-25-18(23)13-11-12-16-14-17(27-28(8,9)21(5,6)7)15-22(16)19(24)26-20(2,3)4/h16-17H,10-15H2,1-9H3/t16-,17-/m1/s1. The molecule has 164 valence electrons. The van der Waals surface area contributed by atoms with Crippen molar-refractivity contribution in [1.29, 1.82) is 0 Å². The number of ether oxygens (including phenoxy) is 2. The van der Waals surface area contributed by atoms with Crippen molar-refractivity contribution in [3.8, 4) is 0 Å². The summed E-state index contributed by atoms with van der Waals surface area (Å²) in [5.74, 6) is -0.182. The highest BCUT2D eigenvalue weighted by molar-refractivity contribution is 6.74. The Balaban J connectivity index is 2.80. The monoisotopic (exact) mass is 415 g/mol. The molecule has 1 fully saturated rings. The van der Waals surface area contributed by atoms with Gasteiger partial charge in [-0.1, -0.05) is 20.8 Å². The maximum absolute atomic E-state index is 12.7. The van der Waals surface area contributed by atoms with Crippen LogP contribution < -0.4 is 0 Å². The molecule has 1 amide bonds. The van der Waals surface area contributed by atoms with E-state index in [4.69, 9.17) is 13.9 Å². The number of carbonyl (C=O) groups excluding carboxylic acids is 2. The van der Waals surface area contributed by atoms with Crippen LogP contribution in [0.15, 0.2) is 0 Å². The van der Waals surface area contributed by atoms with E-state index in [-0.39, 0.29) is 29.2 Å². The number of nitrogens with zero attached hydrogens (tertiary/aromatic N) is 1. The molecule has 0 aromatic carbocycles. The van der Waals surface area contributed by atoms with Crippen LogP contribution in [0, 0.1) is 0 Å². The van der Waals surface area contributed by atoms with Gasteiger partial charge in [0.05, 0.1) is 12.7 Å². The van der Waals surface area contributed by atoms with Gasteiger partial charge in [-0.3, -0.25) is 4.79 Å². The third kappa shape index (κ3) is 7.74. The van der Waals surface area contributed by atoms with Gasteiger partial charge < -0.3 is 18.8 Å². The molecule has 0 radical (unpaired) electrons. The number of amides is 1. The van der Waals surface area contributed by atoms with E-state index in [9.17, 15) is 9.59 Å². The summed E-state index contributed by atoms with van der Waals surface area (Å²) < 4.78 is 17.2. The summed E-state index contributed by atoms with van der Waals surface area (Å²) in [5.41, 5.74) is -0.537. The highest BCUT2D eigenvalue weighted by Gasteiger charge is 2.44. The molecule has 1 aliphatic rings. The van der Waals surface area contributed by atoms with E-state index in [0.717, 1.165) is 12.8 Å². The second kappa shape index (κ2) is 9.61. The van der Waals surface area contributed by atoms with E-state index in [1.165, 1.54) is 0 Å². The minimum Gasteiger partial charge on any atom is -0.466 e. The van der Waals surface area contributed by atoms with Crippen molar-refractivity contribution < 1.29 is 23.5 Å². The van der Waals surface area contributed by atoms with E-state index < -0.39 is 13.9 Å². The Morgan fingerprint density at radius 1 is 1.11 bits per heavy atom. The fourth-order valence-corrected chi connectivity index (χ4v) is 4.44. The van der Waals surface area contributed by atoms with Gasteiger partial charge in [-0.05, 0) is 65.1 Å². The van der Waals surface area contributed by atoms with Gasteiger partial charge in [0.2, 0.25) is 0 Å². The molecule has 28 heavy (non-hydrogen) atoms. The van der Waals surface area contributed by atoms with Crippen molar-refractivity contribution in [2.45, 2.75) is 110 Å². The largest absolute Gasteiger partial charge is 0.466 e. The van der Waals surface area contributed by atoms with Crippen molar-refractivity contribution in [2.75, 3.05) is 13.2 Å². The first-order valence-electron chi connectivity index (χ1n) is 10.5. The summed E-state index contributed by atoms with van der Waals surface area (Å²) in [6.45, 7) is 19.5. The molecule has 2 atom stereocenters. The third-order valence-electron chi connectivity index (χ3n) is 5.50. The molecule has 0 aromatic heterocycles. The Morgan fingerprint density at radius 3 is 2.21 bits per heavy atom. The molecule has 0 unspecified atom stereocenters. The number of hydrogen-bond acceptors (Lipinski definition) is 5. The molecule has 1 rings (SSSR count). The Labute approximate surface area is 172 Å². The molecule has 0 aromatic rings. The van der Waals surface area contributed by atoms with Gasteiger partial charge in [0, 0.05) is 19.0 Å². The fourth-order valence-electron chi connectivity index (χ4n) is 3.09. The SMILES string of the molecule is CCOC(=O)CCC[C@@H]1C[C@@H](O[Si](C)(C)C(C)(C)C)CN1C(=O)OC(C)(C)C. The number of carbonyl (C=O) groups is 2. The molecular formula is C21H41NO5Si. The lowest BCUT2D eigenvalue weighted by Crippen LogP contribution is -2.45. The van der Waals surface area contributed by atoms with Crippen LogP contribution in [0.1, 0.15) is 74.1 Å². The Bertz CT molecular complexity index is 536. The molecule has 1 aliphatic heterocycles. The van der Waals surface area contributed by atoms with Crippen molar-refractivity contribution in [1.82, 2.24) is 4.90 Å². The van der Waals surface area contributed by atoms with E-state index >= 15 is 0 Å². The molecule has 0 N–H and O–H groups in total. The minimum atomic E-state index is -1.92. The van der Waals surface area contributed by atoms with Crippen molar-refractivity contribution in [3.63, 3.8) is 0 Å². The molecule has 6 nitrogen and oxygen atoms in total. The quantitative estimate of drug-likeness (QED) is 0.426. The first-order valence-corrected chi connectivity index (χ1v) is 13.4. The summed E-state index contributed by atoms with van der Waals surface area (Å²) in [4.78, 5) is 26.2. The Hall–Kier alpha value is -1.08. The highest BCUT2D eigenvalue weighted by atomic mass is 28.4. The molecule has 0 bridgehead atoms. The maximum Gasteiger partial charge on any atom is 0.410 e. The van der Waals surface area contributed by atoms with Crippen LogP contribution in [-0.2, 0) is 18.7 Å². The van der Waals surface area contributed by atoms with Crippen LogP contribution in [0.5, 0.6) is 0 Å². The number of hydrogen-bond donors (Lipinski definition) is 0. The lowest BCUT2D eigenvalue weighted by atomic mass is 10.1. The van der Waals surface area contributed by atoms with E-state index in [2.05, 4.69) is 33.9 Å². The average Bonchev–Trinajstić information content (AvgIpc) is 2.86. The number of likely N-dealkylation sites (tertiary alicyclic amines) is 1. The van der Waals surface area contributed by atoms with Crippen LogP contribution >= 0.6 is 0 Å². The van der Waals surface area contributed by atoms with Gasteiger partial charge in [0.25, 0.3) is 0 Å². The van der Waals surface area contributed by atoms with Crippen LogP contribution in [0.25, 0.3) is 0 Å².